The van der Waals surface area contributed by atoms with Gasteiger partial charge in [0.1, 0.15) is 9.84 Å². The number of hydrogen-bond donors (Lipinski definition) is 1. The molecule has 1 saturated heterocycles. The third-order valence-electron chi connectivity index (χ3n) is 2.09. The highest BCUT2D eigenvalue weighted by atomic mass is 32.2. The summed E-state index contributed by atoms with van der Waals surface area (Å²) in [7, 11) is -2.58. The van der Waals surface area contributed by atoms with Gasteiger partial charge < -0.3 is 4.98 Å². The van der Waals surface area contributed by atoms with E-state index in [1.165, 1.54) is 6.07 Å². The molecule has 84 valence electrons. The molecule has 0 aromatic carbocycles. The lowest BCUT2D eigenvalue weighted by atomic mass is 10.3. The van der Waals surface area contributed by atoms with Crippen molar-refractivity contribution in [2.75, 3.05) is 11.5 Å². The molecule has 1 aromatic heterocycles. The Bertz CT molecular complexity index is 406. The molecule has 0 spiro atoms. The Morgan fingerprint density at radius 2 is 1.73 bits per heavy atom. The molecule has 1 fully saturated rings. The van der Waals surface area contributed by atoms with Gasteiger partial charge in [-0.1, -0.05) is 12.5 Å². The van der Waals surface area contributed by atoms with Gasteiger partial charge in [-0.15, -0.1) is 0 Å². The van der Waals surface area contributed by atoms with Gasteiger partial charge in [-0.05, 0) is 18.9 Å². The number of aromatic nitrogens is 1. The summed E-state index contributed by atoms with van der Waals surface area (Å²) in [5, 5.41) is 0. The van der Waals surface area contributed by atoms with Crippen LogP contribution in [-0.2, 0) is 9.84 Å². The Balaban J connectivity index is 0.000000151. The summed E-state index contributed by atoms with van der Waals surface area (Å²) in [6, 6.07) is 4.93. The maximum atomic E-state index is 10.7. The molecule has 0 aliphatic carbocycles. The Morgan fingerprint density at radius 3 is 2.00 bits per heavy atom. The molecule has 1 aliphatic rings. The molecule has 0 unspecified atom stereocenters. The van der Waals surface area contributed by atoms with Gasteiger partial charge in [-0.2, -0.15) is 0 Å². The molecule has 0 atom stereocenters. The lowest BCUT2D eigenvalue weighted by molar-refractivity contribution is 0.575. The van der Waals surface area contributed by atoms with Crippen molar-refractivity contribution in [1.29, 1.82) is 0 Å². The van der Waals surface area contributed by atoms with Crippen molar-refractivity contribution in [2.24, 2.45) is 0 Å². The van der Waals surface area contributed by atoms with Crippen molar-refractivity contribution < 1.29 is 8.42 Å². The van der Waals surface area contributed by atoms with E-state index >= 15 is 0 Å². The second-order valence-electron chi connectivity index (χ2n) is 3.44. The van der Waals surface area contributed by atoms with Crippen LogP contribution >= 0.6 is 0 Å². The number of sulfone groups is 1. The minimum Gasteiger partial charge on any atom is -0.329 e. The van der Waals surface area contributed by atoms with Crippen LogP contribution in [-0.4, -0.2) is 24.9 Å². The lowest BCUT2D eigenvalue weighted by Crippen LogP contribution is -2.15. The van der Waals surface area contributed by atoms with Crippen molar-refractivity contribution in [1.82, 2.24) is 4.98 Å². The summed E-state index contributed by atoms with van der Waals surface area (Å²) in [4.78, 5) is 12.7. The summed E-state index contributed by atoms with van der Waals surface area (Å²) >= 11 is 0. The molecule has 4 nitrogen and oxygen atoms in total. The zero-order chi connectivity index (χ0) is 11.1. The number of hydrogen-bond acceptors (Lipinski definition) is 3. The summed E-state index contributed by atoms with van der Waals surface area (Å²) < 4.78 is 21.3. The van der Waals surface area contributed by atoms with E-state index in [1.54, 1.807) is 18.3 Å². The van der Waals surface area contributed by atoms with Crippen LogP contribution < -0.4 is 5.56 Å². The summed E-state index contributed by atoms with van der Waals surface area (Å²) in [6.45, 7) is 0. The number of rotatable bonds is 0. The molecule has 5 heteroatoms. The number of H-pyrrole nitrogens is 1. The maximum Gasteiger partial charge on any atom is 0.247 e. The number of nitrogens with one attached hydrogen (secondary N) is 1. The van der Waals surface area contributed by atoms with Gasteiger partial charge in [0.2, 0.25) is 5.56 Å². The van der Waals surface area contributed by atoms with Gasteiger partial charge in [0.25, 0.3) is 0 Å². The number of aromatic amines is 1. The van der Waals surface area contributed by atoms with E-state index in [2.05, 4.69) is 4.98 Å². The van der Waals surface area contributed by atoms with Gasteiger partial charge in [0, 0.05) is 12.3 Å². The lowest BCUT2D eigenvalue weighted by Gasteiger charge is -2.08. The highest BCUT2D eigenvalue weighted by molar-refractivity contribution is 7.91. The summed E-state index contributed by atoms with van der Waals surface area (Å²) in [5.41, 5.74) is -0.0532. The van der Waals surface area contributed by atoms with E-state index in [9.17, 15) is 13.2 Å². The van der Waals surface area contributed by atoms with Crippen molar-refractivity contribution in [3.63, 3.8) is 0 Å². The fourth-order valence-electron chi connectivity index (χ4n) is 1.30. The summed E-state index contributed by atoms with van der Waals surface area (Å²) in [5.74, 6) is 0.847. The Morgan fingerprint density at radius 1 is 1.07 bits per heavy atom. The molecule has 0 bridgehead atoms. The van der Waals surface area contributed by atoms with Gasteiger partial charge in [0.15, 0.2) is 0 Å². The maximum absolute atomic E-state index is 10.7. The molecule has 0 amide bonds. The van der Waals surface area contributed by atoms with E-state index in [0.29, 0.717) is 11.5 Å². The highest BCUT2D eigenvalue weighted by Crippen LogP contribution is 2.09. The van der Waals surface area contributed by atoms with Gasteiger partial charge >= 0.3 is 0 Å². The predicted molar refractivity (Wildman–Crippen MR) is 59.6 cm³/mol. The smallest absolute Gasteiger partial charge is 0.247 e. The molecule has 1 N–H and O–H groups in total. The SMILES string of the molecule is O=S1(=O)CCCCC1.O=c1cccc[nH]1. The van der Waals surface area contributed by atoms with E-state index in [1.807, 2.05) is 0 Å². The molecule has 15 heavy (non-hydrogen) atoms. The molecule has 2 heterocycles. The van der Waals surface area contributed by atoms with E-state index in [4.69, 9.17) is 0 Å². The molecule has 1 aliphatic heterocycles. The minimum atomic E-state index is -2.58. The monoisotopic (exact) mass is 229 g/mol. The normalized spacial score (nSPS) is 18.7. The first-order valence-corrected chi connectivity index (χ1v) is 6.76. The third kappa shape index (κ3) is 5.37. The topological polar surface area (TPSA) is 67.0 Å². The molecule has 0 saturated carbocycles. The van der Waals surface area contributed by atoms with Gasteiger partial charge in [0.05, 0.1) is 11.5 Å². The Kier molecular flexibility index (Phi) is 4.55. The van der Waals surface area contributed by atoms with Crippen LogP contribution in [0.25, 0.3) is 0 Å². The molecular weight excluding hydrogens is 214 g/mol. The van der Waals surface area contributed by atoms with Crippen LogP contribution in [0, 0.1) is 0 Å². The van der Waals surface area contributed by atoms with Gasteiger partial charge in [-0.25, -0.2) is 8.42 Å². The van der Waals surface area contributed by atoms with E-state index in [0.717, 1.165) is 19.3 Å². The van der Waals surface area contributed by atoms with E-state index in [-0.39, 0.29) is 5.56 Å². The quantitative estimate of drug-likeness (QED) is 0.720. The fourth-order valence-corrected chi connectivity index (χ4v) is 2.79. The van der Waals surface area contributed by atoms with Crippen molar-refractivity contribution in [2.45, 2.75) is 19.3 Å². The molecule has 1 aromatic rings. The average molecular weight is 229 g/mol. The molecule has 0 radical (unpaired) electrons. The highest BCUT2D eigenvalue weighted by Gasteiger charge is 2.14. The van der Waals surface area contributed by atoms with E-state index < -0.39 is 9.84 Å². The first kappa shape index (κ1) is 12.0. The fraction of sp³-hybridized carbons (Fsp3) is 0.500. The zero-order valence-corrected chi connectivity index (χ0v) is 9.29. The second kappa shape index (κ2) is 5.70. The Labute approximate surface area is 89.3 Å². The van der Waals surface area contributed by atoms with Crippen LogP contribution in [0.4, 0.5) is 0 Å². The number of pyridine rings is 1. The predicted octanol–water partition coefficient (Wildman–Crippen LogP) is 0.960. The van der Waals surface area contributed by atoms with Crippen LogP contribution in [0.5, 0.6) is 0 Å². The second-order valence-corrected chi connectivity index (χ2v) is 5.74. The molecular formula is C10H15NO3S. The van der Waals surface area contributed by atoms with Crippen LogP contribution in [0.2, 0.25) is 0 Å². The standard InChI is InChI=1S/C5H5NO.C5H10O2S/c7-5-3-1-2-4-6-5;6-8(7)4-2-1-3-5-8/h1-4H,(H,6,7);1-5H2. The van der Waals surface area contributed by atoms with Crippen LogP contribution in [0.3, 0.4) is 0 Å². The molecule has 2 rings (SSSR count). The first-order valence-electron chi connectivity index (χ1n) is 4.94. The average Bonchev–Trinajstić information content (AvgIpc) is 2.19. The Hall–Kier alpha value is -1.10. The first-order chi connectivity index (χ1) is 7.10. The largest absolute Gasteiger partial charge is 0.329 e. The van der Waals surface area contributed by atoms with Gasteiger partial charge in [-0.3, -0.25) is 4.79 Å². The zero-order valence-electron chi connectivity index (χ0n) is 8.48. The minimum absolute atomic E-state index is 0.0532. The third-order valence-corrected chi connectivity index (χ3v) is 3.91. The van der Waals surface area contributed by atoms with Crippen molar-refractivity contribution in [3.05, 3.63) is 34.7 Å². The van der Waals surface area contributed by atoms with Crippen molar-refractivity contribution >= 4 is 9.84 Å². The van der Waals surface area contributed by atoms with Crippen LogP contribution in [0.1, 0.15) is 19.3 Å². The van der Waals surface area contributed by atoms with Crippen molar-refractivity contribution in [3.8, 4) is 0 Å². The van der Waals surface area contributed by atoms with Crippen LogP contribution in [0.15, 0.2) is 29.2 Å². The summed E-state index contributed by atoms with van der Waals surface area (Å²) in [6.07, 6.45) is 4.45.